The van der Waals surface area contributed by atoms with Crippen molar-refractivity contribution in [1.29, 1.82) is 0 Å². The summed E-state index contributed by atoms with van der Waals surface area (Å²) in [6.45, 7) is 8.81. The Morgan fingerprint density at radius 1 is 0.931 bits per heavy atom. The van der Waals surface area contributed by atoms with E-state index in [1.54, 1.807) is 12.4 Å². The molecule has 0 aliphatic heterocycles. The molecule has 1 amide bonds. The van der Waals surface area contributed by atoms with Gasteiger partial charge in [0.2, 0.25) is 0 Å². The van der Waals surface area contributed by atoms with Gasteiger partial charge in [0.1, 0.15) is 0 Å². The van der Waals surface area contributed by atoms with Crippen LogP contribution in [0.2, 0.25) is 0 Å². The Morgan fingerprint density at radius 3 is 1.90 bits per heavy atom. The summed E-state index contributed by atoms with van der Waals surface area (Å²) < 4.78 is 0. The molecule has 0 spiro atoms. The van der Waals surface area contributed by atoms with Gasteiger partial charge in [-0.3, -0.25) is 9.97 Å². The maximum Gasteiger partial charge on any atom is 2.00 e. The Hall–Kier alpha value is -2.04. The van der Waals surface area contributed by atoms with Crippen LogP contribution in [0.25, 0.3) is 32.9 Å². The van der Waals surface area contributed by atoms with Crippen LogP contribution >= 0.6 is 0 Å². The minimum absolute atomic E-state index is 0. The largest absolute Gasteiger partial charge is 2.00 e. The number of fused-ring (bicyclic) bond motifs is 3. The Balaban J connectivity index is 0.000000280. The van der Waals surface area contributed by atoms with Crippen molar-refractivity contribution >= 4 is 27.7 Å². The van der Waals surface area contributed by atoms with Crippen molar-refractivity contribution in [2.24, 2.45) is 11.8 Å². The molecule has 2 aromatic heterocycles. The van der Waals surface area contributed by atoms with E-state index in [0.29, 0.717) is 24.8 Å². The molecule has 1 atom stereocenters. The van der Waals surface area contributed by atoms with Crippen LogP contribution in [0.4, 0.5) is 0 Å². The Morgan fingerprint density at radius 2 is 1.45 bits per heavy atom. The second-order valence-electron chi connectivity index (χ2n) is 7.80. The zero-order chi connectivity index (χ0) is 20.5. The molecule has 0 saturated carbocycles. The van der Waals surface area contributed by atoms with Gasteiger partial charge in [-0.05, 0) is 24.0 Å². The first-order valence-corrected chi connectivity index (χ1v) is 9.89. The molecule has 2 heterocycles. The molecule has 6 heteroatoms. The van der Waals surface area contributed by atoms with Crippen LogP contribution in [-0.4, -0.2) is 28.5 Å². The van der Waals surface area contributed by atoms with Crippen molar-refractivity contribution in [3.05, 3.63) is 59.8 Å². The zero-order valence-corrected chi connectivity index (χ0v) is 18.5. The molecule has 0 saturated heterocycles. The summed E-state index contributed by atoms with van der Waals surface area (Å²) in [5, 5.41) is 6.17. The topological polar surface area (TPSA) is 80.8 Å². The molecule has 1 aromatic carbocycles. The number of carbonyl (C=O) groups excluding carboxylic acids is 1. The summed E-state index contributed by atoms with van der Waals surface area (Å²) >= 11 is 0. The number of hydrogen-bond acceptors (Lipinski definition) is 3. The third-order valence-electron chi connectivity index (χ3n) is 4.32. The zero-order valence-electron chi connectivity index (χ0n) is 17.5. The molecule has 158 valence electrons. The minimum Gasteiger partial charge on any atom is -0.670 e. The van der Waals surface area contributed by atoms with E-state index < -0.39 is 6.04 Å². The van der Waals surface area contributed by atoms with Gasteiger partial charge in [-0.15, -0.1) is 6.54 Å². The number of amides is 1. The van der Waals surface area contributed by atoms with Crippen LogP contribution in [0.3, 0.4) is 0 Å². The summed E-state index contributed by atoms with van der Waals surface area (Å²) in [4.78, 5) is 20.0. The van der Waals surface area contributed by atoms with E-state index in [2.05, 4.69) is 53.4 Å². The first kappa shape index (κ1) is 25.0. The van der Waals surface area contributed by atoms with Gasteiger partial charge < -0.3 is 15.8 Å². The molecule has 0 aliphatic rings. The molecule has 3 rings (SSSR count). The predicted octanol–water partition coefficient (Wildman–Crippen LogP) is 6.18. The van der Waals surface area contributed by atoms with E-state index in [1.807, 2.05) is 26.0 Å². The van der Waals surface area contributed by atoms with Crippen molar-refractivity contribution < 1.29 is 21.3 Å². The van der Waals surface area contributed by atoms with Crippen molar-refractivity contribution in [3.63, 3.8) is 0 Å². The average molecular weight is 437 g/mol. The van der Waals surface area contributed by atoms with Gasteiger partial charge in [-0.1, -0.05) is 70.8 Å². The molecule has 1 N–H and O–H groups in total. The van der Waals surface area contributed by atoms with Crippen molar-refractivity contribution in [2.45, 2.75) is 46.6 Å². The maximum atomic E-state index is 11.3. The molecule has 0 radical (unpaired) electrons. The van der Waals surface area contributed by atoms with Gasteiger partial charge in [-0.2, -0.15) is 0 Å². The average Bonchev–Trinajstić information content (AvgIpc) is 2.67. The van der Waals surface area contributed by atoms with Gasteiger partial charge in [0.25, 0.3) is 0 Å². The quantitative estimate of drug-likeness (QED) is 0.341. The normalized spacial score (nSPS) is 11.7. The van der Waals surface area contributed by atoms with Crippen LogP contribution in [0.1, 0.15) is 40.5 Å². The van der Waals surface area contributed by atoms with Crippen molar-refractivity contribution in [3.8, 4) is 0 Å². The van der Waals surface area contributed by atoms with Crippen LogP contribution in [0.5, 0.6) is 0 Å². The van der Waals surface area contributed by atoms with Gasteiger partial charge in [0.05, 0.1) is 11.0 Å². The Labute approximate surface area is 183 Å². The van der Waals surface area contributed by atoms with Gasteiger partial charge in [0.15, 0.2) is 0 Å². The van der Waals surface area contributed by atoms with Crippen LogP contribution in [0.15, 0.2) is 48.8 Å². The van der Waals surface area contributed by atoms with Crippen molar-refractivity contribution in [1.82, 2.24) is 9.97 Å². The van der Waals surface area contributed by atoms with Crippen LogP contribution in [0, 0.1) is 11.8 Å². The predicted molar refractivity (Wildman–Crippen MR) is 117 cm³/mol. The molecule has 5 nitrogen and oxygen atoms in total. The third kappa shape index (κ3) is 8.08. The number of aromatic nitrogens is 2. The van der Waals surface area contributed by atoms with E-state index in [0.717, 1.165) is 28.2 Å². The van der Waals surface area contributed by atoms with E-state index in [-0.39, 0.29) is 22.4 Å². The third-order valence-corrected chi connectivity index (χ3v) is 4.32. The molecule has 0 bridgehead atoms. The van der Waals surface area contributed by atoms with Gasteiger partial charge in [0, 0.05) is 29.1 Å². The maximum absolute atomic E-state index is 11.3. The van der Waals surface area contributed by atoms with Crippen molar-refractivity contribution in [2.75, 3.05) is 6.54 Å². The fourth-order valence-electron chi connectivity index (χ4n) is 2.80. The van der Waals surface area contributed by atoms with E-state index in [1.165, 1.54) is 0 Å². The first-order chi connectivity index (χ1) is 13.4. The van der Waals surface area contributed by atoms with E-state index in [4.69, 9.17) is 5.73 Å². The number of rotatable bonds is 6. The molecule has 3 aromatic rings. The summed E-state index contributed by atoms with van der Waals surface area (Å²) in [5.41, 5.74) is 9.51. The Kier molecular flexibility index (Phi) is 10.8. The number of nitrogens with one attached hydrogen (secondary N) is 1. The minimum atomic E-state index is -0.651. The standard InChI is InChI=1S/C12H8N2.C11H23N2O.Ni/c1-3-9-5-6-10-4-2-8-14-12(10)11(9)13-7-1;1-8(2)5-6-13-11(14)10(12)7-9(3)4;/h1-8H;8-10,12H,5-7H2,1-4H3,(H,13,14);/q;-1;+2/p-1/t;10-;/m.0./s1. The van der Waals surface area contributed by atoms with Crippen LogP contribution < -0.4 is 0 Å². The fraction of sp³-hybridized carbons (Fsp3) is 0.435. The number of hydrogen-bond donors (Lipinski definition) is 0. The molecular formula is C23H30N4NiO. The summed E-state index contributed by atoms with van der Waals surface area (Å²) in [6.07, 6.45) is 5.15. The smallest absolute Gasteiger partial charge is 0.670 e. The Bertz CT molecular complexity index is 843. The molecule has 0 fully saturated rings. The SMILES string of the molecule is CC(C)CC[N-]C(=O)[C@@H]([NH-])CC(C)C.[Ni+2].c1cnc2c(c1)ccc1cccnc12. The second-order valence-corrected chi connectivity index (χ2v) is 7.80. The number of carbonyl (C=O) groups is 1. The molecule has 0 unspecified atom stereocenters. The van der Waals surface area contributed by atoms with Crippen LogP contribution in [-0.2, 0) is 21.3 Å². The first-order valence-electron chi connectivity index (χ1n) is 9.89. The number of pyridine rings is 2. The van der Waals surface area contributed by atoms with E-state index >= 15 is 0 Å². The monoisotopic (exact) mass is 436 g/mol. The summed E-state index contributed by atoms with van der Waals surface area (Å²) in [6, 6.07) is 11.5. The number of benzene rings is 1. The molecule has 29 heavy (non-hydrogen) atoms. The molecular weight excluding hydrogens is 407 g/mol. The fourth-order valence-corrected chi connectivity index (χ4v) is 2.80. The van der Waals surface area contributed by atoms with E-state index in [9.17, 15) is 4.79 Å². The molecule has 0 aliphatic carbocycles. The number of nitrogens with zero attached hydrogens (tertiary/aromatic N) is 3. The van der Waals surface area contributed by atoms with Gasteiger partial charge in [-0.25, -0.2) is 0 Å². The summed E-state index contributed by atoms with van der Waals surface area (Å²) in [7, 11) is 0. The second kappa shape index (κ2) is 12.5. The van der Waals surface area contributed by atoms with Gasteiger partial charge >= 0.3 is 16.5 Å². The summed E-state index contributed by atoms with van der Waals surface area (Å²) in [5.74, 6) is 0.710.